The molecule has 1 heterocycles. The topological polar surface area (TPSA) is 29.1 Å². The summed E-state index contributed by atoms with van der Waals surface area (Å²) in [6.45, 7) is 4.24. The highest BCUT2D eigenvalue weighted by Gasteiger charge is 2.24. The number of nitrogens with one attached hydrogen (secondary N) is 1. The SMILES string of the molecule is CC(C)(CNC(=O)CCc1ccc(Cl)s1)c1ccccc1F. The number of benzene rings is 1. The van der Waals surface area contributed by atoms with E-state index in [-0.39, 0.29) is 11.7 Å². The normalized spacial score (nSPS) is 11.5. The fraction of sp³-hybridized carbons (Fsp3) is 0.353. The van der Waals surface area contributed by atoms with Crippen molar-refractivity contribution in [2.75, 3.05) is 6.54 Å². The van der Waals surface area contributed by atoms with Crippen LogP contribution in [0.4, 0.5) is 4.39 Å². The summed E-state index contributed by atoms with van der Waals surface area (Å²) in [6, 6.07) is 10.4. The Kier molecular flexibility index (Phi) is 5.59. The maximum absolute atomic E-state index is 13.9. The zero-order valence-electron chi connectivity index (χ0n) is 12.7. The predicted molar refractivity (Wildman–Crippen MR) is 90.1 cm³/mol. The van der Waals surface area contributed by atoms with Gasteiger partial charge in [-0.1, -0.05) is 43.6 Å². The fourth-order valence-electron chi connectivity index (χ4n) is 2.24. The molecule has 0 saturated carbocycles. The van der Waals surface area contributed by atoms with Crippen molar-refractivity contribution >= 4 is 28.8 Å². The zero-order valence-corrected chi connectivity index (χ0v) is 14.2. The van der Waals surface area contributed by atoms with Crippen LogP contribution in [-0.2, 0) is 16.6 Å². The number of halogens is 2. The predicted octanol–water partition coefficient (Wildman–Crippen LogP) is 4.57. The third-order valence-electron chi connectivity index (χ3n) is 3.56. The number of thiophene rings is 1. The molecule has 0 aliphatic rings. The van der Waals surface area contributed by atoms with E-state index in [4.69, 9.17) is 11.6 Å². The maximum atomic E-state index is 13.9. The smallest absolute Gasteiger partial charge is 0.220 e. The Morgan fingerprint density at radius 1 is 1.27 bits per heavy atom. The Hall–Kier alpha value is -1.39. The number of hydrogen-bond acceptors (Lipinski definition) is 2. The van der Waals surface area contributed by atoms with Crippen LogP contribution in [0.1, 0.15) is 30.7 Å². The van der Waals surface area contributed by atoms with Gasteiger partial charge in [0.25, 0.3) is 0 Å². The molecule has 5 heteroatoms. The summed E-state index contributed by atoms with van der Waals surface area (Å²) in [5.74, 6) is -0.274. The molecule has 1 aromatic heterocycles. The molecule has 22 heavy (non-hydrogen) atoms. The lowest BCUT2D eigenvalue weighted by atomic mass is 9.84. The van der Waals surface area contributed by atoms with Gasteiger partial charge in [-0.15, -0.1) is 11.3 Å². The standard InChI is InChI=1S/C17H19ClFNOS/c1-17(2,13-5-3-4-6-14(13)19)11-20-16(21)10-8-12-7-9-15(18)22-12/h3-7,9H,8,10-11H2,1-2H3,(H,20,21). The number of carbonyl (C=O) groups excluding carboxylic acids is 1. The molecule has 2 nitrogen and oxygen atoms in total. The highest BCUT2D eigenvalue weighted by Crippen LogP contribution is 2.25. The number of carbonyl (C=O) groups is 1. The fourth-order valence-corrected chi connectivity index (χ4v) is 3.32. The van der Waals surface area contributed by atoms with Crippen LogP contribution in [0.25, 0.3) is 0 Å². The third kappa shape index (κ3) is 4.55. The minimum atomic E-state index is -0.451. The Labute approximate surface area is 139 Å². The average molecular weight is 340 g/mol. The van der Waals surface area contributed by atoms with Gasteiger partial charge in [0.1, 0.15) is 5.82 Å². The molecule has 2 aromatic rings. The van der Waals surface area contributed by atoms with Crippen molar-refractivity contribution in [2.45, 2.75) is 32.1 Å². The molecule has 0 atom stereocenters. The number of rotatable bonds is 6. The van der Waals surface area contributed by atoms with Gasteiger partial charge in [0, 0.05) is 23.3 Å². The molecule has 2 rings (SSSR count). The van der Waals surface area contributed by atoms with Crippen molar-refractivity contribution < 1.29 is 9.18 Å². The van der Waals surface area contributed by atoms with Gasteiger partial charge in [-0.3, -0.25) is 4.79 Å². The van der Waals surface area contributed by atoms with Crippen molar-refractivity contribution in [2.24, 2.45) is 0 Å². The van der Waals surface area contributed by atoms with Crippen molar-refractivity contribution in [1.82, 2.24) is 5.32 Å². The van der Waals surface area contributed by atoms with Crippen LogP contribution in [-0.4, -0.2) is 12.5 Å². The van der Waals surface area contributed by atoms with E-state index in [0.29, 0.717) is 24.9 Å². The van der Waals surface area contributed by atoms with Crippen LogP contribution in [0.15, 0.2) is 36.4 Å². The van der Waals surface area contributed by atoms with Crippen LogP contribution in [0.3, 0.4) is 0 Å². The van der Waals surface area contributed by atoms with Crippen LogP contribution >= 0.6 is 22.9 Å². The van der Waals surface area contributed by atoms with Gasteiger partial charge >= 0.3 is 0 Å². The van der Waals surface area contributed by atoms with Crippen molar-refractivity contribution in [3.8, 4) is 0 Å². The molecular weight excluding hydrogens is 321 g/mol. The molecule has 0 fully saturated rings. The maximum Gasteiger partial charge on any atom is 0.220 e. The molecule has 0 unspecified atom stereocenters. The summed E-state index contributed by atoms with van der Waals surface area (Å²) < 4.78 is 14.6. The van der Waals surface area contributed by atoms with E-state index in [2.05, 4.69) is 5.32 Å². The monoisotopic (exact) mass is 339 g/mol. The molecule has 1 N–H and O–H groups in total. The summed E-state index contributed by atoms with van der Waals surface area (Å²) in [5.41, 5.74) is 0.160. The van der Waals surface area contributed by atoms with E-state index in [1.165, 1.54) is 17.4 Å². The van der Waals surface area contributed by atoms with Gasteiger partial charge in [-0.25, -0.2) is 4.39 Å². The summed E-state index contributed by atoms with van der Waals surface area (Å²) in [7, 11) is 0. The Balaban J connectivity index is 1.86. The van der Waals surface area contributed by atoms with Gasteiger partial charge < -0.3 is 5.32 Å². The largest absolute Gasteiger partial charge is 0.355 e. The Morgan fingerprint density at radius 3 is 2.64 bits per heavy atom. The quantitative estimate of drug-likeness (QED) is 0.820. The first-order chi connectivity index (χ1) is 10.4. The first-order valence-corrected chi connectivity index (χ1v) is 8.34. The van der Waals surface area contributed by atoms with Gasteiger partial charge in [-0.2, -0.15) is 0 Å². The molecular formula is C17H19ClFNOS. The van der Waals surface area contributed by atoms with Gasteiger partial charge in [-0.05, 0) is 30.2 Å². The lowest BCUT2D eigenvalue weighted by Crippen LogP contribution is -2.37. The summed E-state index contributed by atoms with van der Waals surface area (Å²) in [5, 5.41) is 2.89. The molecule has 0 spiro atoms. The second kappa shape index (κ2) is 7.25. The first-order valence-electron chi connectivity index (χ1n) is 7.14. The van der Waals surface area contributed by atoms with E-state index in [9.17, 15) is 9.18 Å². The van der Waals surface area contributed by atoms with E-state index in [1.807, 2.05) is 32.0 Å². The van der Waals surface area contributed by atoms with Crippen molar-refractivity contribution in [3.63, 3.8) is 0 Å². The Bertz CT molecular complexity index is 654. The van der Waals surface area contributed by atoms with E-state index >= 15 is 0 Å². The molecule has 1 aromatic carbocycles. The average Bonchev–Trinajstić information content (AvgIpc) is 2.89. The van der Waals surface area contributed by atoms with Crippen LogP contribution in [0, 0.1) is 5.82 Å². The van der Waals surface area contributed by atoms with Gasteiger partial charge in [0.05, 0.1) is 4.34 Å². The molecule has 118 valence electrons. The number of aryl methyl sites for hydroxylation is 1. The Morgan fingerprint density at radius 2 is 2.00 bits per heavy atom. The molecule has 0 aliphatic heterocycles. The van der Waals surface area contributed by atoms with Gasteiger partial charge in [0.15, 0.2) is 0 Å². The third-order valence-corrected chi connectivity index (χ3v) is 4.85. The minimum absolute atomic E-state index is 0.0334. The highest BCUT2D eigenvalue weighted by molar-refractivity contribution is 7.16. The van der Waals surface area contributed by atoms with Crippen molar-refractivity contribution in [1.29, 1.82) is 0 Å². The van der Waals surface area contributed by atoms with E-state index in [0.717, 1.165) is 9.21 Å². The molecule has 0 aliphatic carbocycles. The lowest BCUT2D eigenvalue weighted by molar-refractivity contribution is -0.121. The first kappa shape index (κ1) is 17.0. The van der Waals surface area contributed by atoms with E-state index in [1.54, 1.807) is 12.1 Å². The minimum Gasteiger partial charge on any atom is -0.355 e. The second-order valence-electron chi connectivity index (χ2n) is 5.85. The van der Waals surface area contributed by atoms with Gasteiger partial charge in [0.2, 0.25) is 5.91 Å². The summed E-state index contributed by atoms with van der Waals surface area (Å²) >= 11 is 7.35. The molecule has 0 bridgehead atoms. The van der Waals surface area contributed by atoms with Crippen LogP contribution < -0.4 is 5.32 Å². The molecule has 1 amide bonds. The number of hydrogen-bond donors (Lipinski definition) is 1. The van der Waals surface area contributed by atoms with Crippen molar-refractivity contribution in [3.05, 3.63) is 57.0 Å². The zero-order chi connectivity index (χ0) is 16.2. The van der Waals surface area contributed by atoms with Crippen LogP contribution in [0.2, 0.25) is 4.34 Å². The second-order valence-corrected chi connectivity index (χ2v) is 7.65. The summed E-state index contributed by atoms with van der Waals surface area (Å²) in [4.78, 5) is 13.0. The molecule has 0 saturated heterocycles. The molecule has 0 radical (unpaired) electrons. The van der Waals surface area contributed by atoms with Crippen LogP contribution in [0.5, 0.6) is 0 Å². The number of amides is 1. The van der Waals surface area contributed by atoms with E-state index < -0.39 is 5.41 Å². The highest BCUT2D eigenvalue weighted by atomic mass is 35.5. The lowest BCUT2D eigenvalue weighted by Gasteiger charge is -2.26. The summed E-state index contributed by atoms with van der Waals surface area (Å²) in [6.07, 6.45) is 1.08.